The van der Waals surface area contributed by atoms with E-state index in [0.29, 0.717) is 28.4 Å². The van der Waals surface area contributed by atoms with Gasteiger partial charge in [-0.05, 0) is 48.4 Å². The van der Waals surface area contributed by atoms with Crippen molar-refractivity contribution in [1.82, 2.24) is 0 Å². The van der Waals surface area contributed by atoms with E-state index in [4.69, 9.17) is 11.6 Å². The molecule has 0 radical (unpaired) electrons. The third-order valence-electron chi connectivity index (χ3n) is 5.92. The quantitative estimate of drug-likeness (QED) is 0.598. The van der Waals surface area contributed by atoms with E-state index in [9.17, 15) is 14.7 Å². The van der Waals surface area contributed by atoms with Gasteiger partial charge in [-0.15, -0.1) is 0 Å². The first-order valence-corrected chi connectivity index (χ1v) is 10.2. The summed E-state index contributed by atoms with van der Waals surface area (Å²) in [6.45, 7) is 3.91. The first-order valence-electron chi connectivity index (χ1n) is 9.82. The van der Waals surface area contributed by atoms with Crippen LogP contribution in [0.1, 0.15) is 34.0 Å². The number of carbonyl (C=O) groups is 2. The number of amides is 1. The van der Waals surface area contributed by atoms with Crippen molar-refractivity contribution < 1.29 is 14.7 Å². The summed E-state index contributed by atoms with van der Waals surface area (Å²) in [7, 11) is 0. The maximum absolute atomic E-state index is 13.5. The standard InChI is InChI=1S/C25H22ClNO3/c1-16-7-3-4-8-19(16)15-27-22-10-6-5-9-21(22)25(30,24(27)29)17(2)23(28)18-11-13-20(26)14-12-18/h3-14,17,30H,15H2,1-2H3. The number of para-hydroxylation sites is 1. The number of nitrogens with zero attached hydrogens (tertiary/aromatic N) is 1. The average molecular weight is 420 g/mol. The van der Waals surface area contributed by atoms with Gasteiger partial charge in [0.25, 0.3) is 5.91 Å². The zero-order chi connectivity index (χ0) is 21.5. The van der Waals surface area contributed by atoms with E-state index in [1.54, 1.807) is 48.2 Å². The van der Waals surface area contributed by atoms with Crippen LogP contribution in [0, 0.1) is 12.8 Å². The fourth-order valence-corrected chi connectivity index (χ4v) is 4.17. The molecule has 3 aromatic carbocycles. The largest absolute Gasteiger partial charge is 0.375 e. The van der Waals surface area contributed by atoms with E-state index in [-0.39, 0.29) is 5.78 Å². The molecular weight excluding hydrogens is 398 g/mol. The van der Waals surface area contributed by atoms with E-state index in [1.165, 1.54) is 0 Å². The zero-order valence-corrected chi connectivity index (χ0v) is 17.6. The molecule has 4 nitrogen and oxygen atoms in total. The number of carbonyl (C=O) groups excluding carboxylic acids is 2. The zero-order valence-electron chi connectivity index (χ0n) is 16.8. The minimum absolute atomic E-state index is 0.310. The number of rotatable bonds is 5. The Kier molecular flexibility index (Phi) is 5.22. The van der Waals surface area contributed by atoms with Gasteiger partial charge in [-0.3, -0.25) is 9.59 Å². The van der Waals surface area contributed by atoms with Crippen molar-refractivity contribution in [3.8, 4) is 0 Å². The monoisotopic (exact) mass is 419 g/mol. The highest BCUT2D eigenvalue weighted by molar-refractivity contribution is 6.30. The van der Waals surface area contributed by atoms with E-state index in [2.05, 4.69) is 0 Å². The van der Waals surface area contributed by atoms with Gasteiger partial charge < -0.3 is 10.0 Å². The molecule has 1 heterocycles. The van der Waals surface area contributed by atoms with Crippen LogP contribution in [0.4, 0.5) is 5.69 Å². The van der Waals surface area contributed by atoms with E-state index < -0.39 is 17.4 Å². The second-order valence-corrected chi connectivity index (χ2v) is 8.13. The fraction of sp³-hybridized carbons (Fsp3) is 0.200. The molecule has 3 aromatic rings. The SMILES string of the molecule is Cc1ccccc1CN1C(=O)C(O)(C(C)C(=O)c2ccc(Cl)cc2)c2ccccc21. The lowest BCUT2D eigenvalue weighted by atomic mass is 9.79. The van der Waals surface area contributed by atoms with Crippen molar-refractivity contribution in [3.63, 3.8) is 0 Å². The topological polar surface area (TPSA) is 57.6 Å². The first kappa shape index (κ1) is 20.3. The maximum Gasteiger partial charge on any atom is 0.264 e. The Bertz CT molecular complexity index is 1130. The number of aliphatic hydroxyl groups is 1. The summed E-state index contributed by atoms with van der Waals surface area (Å²) in [6, 6.07) is 21.4. The highest BCUT2D eigenvalue weighted by Gasteiger charge is 2.55. The van der Waals surface area contributed by atoms with Crippen LogP contribution in [0.2, 0.25) is 5.02 Å². The molecule has 0 aromatic heterocycles. The van der Waals surface area contributed by atoms with Crippen LogP contribution in [-0.2, 0) is 16.9 Å². The van der Waals surface area contributed by atoms with Gasteiger partial charge in [0.2, 0.25) is 0 Å². The van der Waals surface area contributed by atoms with Crippen molar-refractivity contribution in [2.75, 3.05) is 4.90 Å². The molecule has 2 unspecified atom stereocenters. The molecule has 1 aliphatic rings. The molecule has 2 atom stereocenters. The van der Waals surface area contributed by atoms with Crippen molar-refractivity contribution >= 4 is 29.0 Å². The summed E-state index contributed by atoms with van der Waals surface area (Å²) >= 11 is 5.93. The van der Waals surface area contributed by atoms with Crippen LogP contribution in [0.3, 0.4) is 0 Å². The average Bonchev–Trinajstić information content (AvgIpc) is 2.97. The third-order valence-corrected chi connectivity index (χ3v) is 6.17. The van der Waals surface area contributed by atoms with Crippen LogP contribution in [-0.4, -0.2) is 16.8 Å². The van der Waals surface area contributed by atoms with Gasteiger partial charge in [0.15, 0.2) is 11.4 Å². The number of aryl methyl sites for hydroxylation is 1. The molecular formula is C25H22ClNO3. The molecule has 0 bridgehead atoms. The summed E-state index contributed by atoms with van der Waals surface area (Å²) in [5.74, 6) is -1.76. The molecule has 152 valence electrons. The minimum Gasteiger partial charge on any atom is -0.375 e. The first-order chi connectivity index (χ1) is 14.3. The molecule has 0 spiro atoms. The molecule has 30 heavy (non-hydrogen) atoms. The summed E-state index contributed by atoms with van der Waals surface area (Å²) in [5.41, 5.74) is 1.60. The summed E-state index contributed by atoms with van der Waals surface area (Å²) < 4.78 is 0. The highest BCUT2D eigenvalue weighted by atomic mass is 35.5. The van der Waals surface area contributed by atoms with Crippen LogP contribution < -0.4 is 4.90 Å². The maximum atomic E-state index is 13.5. The number of benzene rings is 3. The second-order valence-electron chi connectivity index (χ2n) is 7.69. The Labute approximate surface area is 180 Å². The predicted octanol–water partition coefficient (Wildman–Crippen LogP) is 4.90. The van der Waals surface area contributed by atoms with Crippen molar-refractivity contribution in [3.05, 3.63) is 100 Å². The Morgan fingerprint density at radius 1 is 1.03 bits per heavy atom. The van der Waals surface area contributed by atoms with E-state index in [0.717, 1.165) is 11.1 Å². The number of ketones is 1. The number of fused-ring (bicyclic) bond motifs is 1. The van der Waals surface area contributed by atoms with E-state index >= 15 is 0 Å². The molecule has 1 aliphatic heterocycles. The normalized spacial score (nSPS) is 18.9. The smallest absolute Gasteiger partial charge is 0.264 e. The Morgan fingerprint density at radius 2 is 1.67 bits per heavy atom. The molecule has 4 rings (SSSR count). The van der Waals surface area contributed by atoms with Gasteiger partial charge >= 0.3 is 0 Å². The predicted molar refractivity (Wildman–Crippen MR) is 118 cm³/mol. The van der Waals surface area contributed by atoms with Gasteiger partial charge in [0.05, 0.1) is 18.2 Å². The van der Waals surface area contributed by atoms with Gasteiger partial charge in [-0.1, -0.05) is 61.0 Å². The Hall–Kier alpha value is -2.95. The lowest BCUT2D eigenvalue weighted by Crippen LogP contribution is -2.47. The number of anilines is 1. The molecule has 0 fully saturated rings. The summed E-state index contributed by atoms with van der Waals surface area (Å²) in [4.78, 5) is 28.3. The number of halogens is 1. The molecule has 1 amide bonds. The Morgan fingerprint density at radius 3 is 2.37 bits per heavy atom. The summed E-state index contributed by atoms with van der Waals surface area (Å²) in [5, 5.41) is 12.2. The highest BCUT2D eigenvalue weighted by Crippen LogP contribution is 2.46. The van der Waals surface area contributed by atoms with E-state index in [1.807, 2.05) is 43.3 Å². The number of hydrogen-bond donors (Lipinski definition) is 1. The second kappa shape index (κ2) is 7.71. The van der Waals surface area contributed by atoms with Gasteiger partial charge in [0.1, 0.15) is 0 Å². The lowest BCUT2D eigenvalue weighted by Gasteiger charge is -2.29. The lowest BCUT2D eigenvalue weighted by molar-refractivity contribution is -0.139. The fourth-order valence-electron chi connectivity index (χ4n) is 4.05. The van der Waals surface area contributed by atoms with Crippen LogP contribution >= 0.6 is 11.6 Å². The molecule has 5 heteroatoms. The van der Waals surface area contributed by atoms with Crippen LogP contribution in [0.25, 0.3) is 0 Å². The number of hydrogen-bond acceptors (Lipinski definition) is 3. The van der Waals surface area contributed by atoms with Crippen LogP contribution in [0.15, 0.2) is 72.8 Å². The van der Waals surface area contributed by atoms with Crippen molar-refractivity contribution in [2.45, 2.75) is 26.0 Å². The molecule has 1 N–H and O–H groups in total. The van der Waals surface area contributed by atoms with Crippen molar-refractivity contribution in [2.24, 2.45) is 5.92 Å². The molecule has 0 aliphatic carbocycles. The van der Waals surface area contributed by atoms with Crippen molar-refractivity contribution in [1.29, 1.82) is 0 Å². The summed E-state index contributed by atoms with van der Waals surface area (Å²) in [6.07, 6.45) is 0. The molecule has 0 saturated heterocycles. The molecule has 0 saturated carbocycles. The Balaban J connectivity index is 1.74. The van der Waals surface area contributed by atoms with Gasteiger partial charge in [-0.25, -0.2) is 0 Å². The van der Waals surface area contributed by atoms with Gasteiger partial charge in [-0.2, -0.15) is 0 Å². The minimum atomic E-state index is -1.93. The van der Waals surface area contributed by atoms with Gasteiger partial charge in [0, 0.05) is 16.1 Å². The van der Waals surface area contributed by atoms with Crippen LogP contribution in [0.5, 0.6) is 0 Å². The number of Topliss-reactive ketones (excluding diaryl/α,β-unsaturated/α-hetero) is 1. The third kappa shape index (κ3) is 3.22.